The average molecular weight is 245 g/mol. The molecule has 96 valence electrons. The lowest BCUT2D eigenvalue weighted by Gasteiger charge is -2.15. The number of benzene rings is 1. The number of hydrogen-bond donors (Lipinski definition) is 1. The number of unbranched alkanes of at least 4 members (excludes halogenated alkanes) is 1. The Morgan fingerprint density at radius 2 is 2.17 bits per heavy atom. The molecular weight excluding hydrogens is 226 g/mol. The fourth-order valence-electron chi connectivity index (χ4n) is 1.63. The molecule has 0 spiro atoms. The third-order valence-electron chi connectivity index (χ3n) is 2.63. The summed E-state index contributed by atoms with van der Waals surface area (Å²) in [4.78, 5) is 13.8. The van der Waals surface area contributed by atoms with E-state index in [0.717, 1.165) is 19.4 Å². The summed E-state index contributed by atoms with van der Waals surface area (Å²) in [6.07, 6.45) is 2.20. The molecule has 0 aromatic heterocycles. The number of nitrogens with zero attached hydrogens (tertiary/aromatic N) is 2. The fourth-order valence-corrected chi connectivity index (χ4v) is 1.63. The Bertz CT molecular complexity index is 437. The number of nitrogens with one attached hydrogen (secondary N) is 1. The molecule has 0 unspecified atom stereocenters. The van der Waals surface area contributed by atoms with Gasteiger partial charge in [-0.1, -0.05) is 25.5 Å². The summed E-state index contributed by atoms with van der Waals surface area (Å²) in [6, 6.07) is 9.07. The van der Waals surface area contributed by atoms with Gasteiger partial charge in [0.05, 0.1) is 17.8 Å². The van der Waals surface area contributed by atoms with E-state index in [9.17, 15) is 4.79 Å². The van der Waals surface area contributed by atoms with E-state index in [1.807, 2.05) is 11.9 Å². The highest BCUT2D eigenvalue weighted by molar-refractivity contribution is 5.93. The summed E-state index contributed by atoms with van der Waals surface area (Å²) in [7, 11) is 1.92. The molecule has 1 aromatic rings. The second-order valence-electron chi connectivity index (χ2n) is 4.30. The standard InChI is InChI=1S/C14H19N3O/c1-3-4-9-17(2)11-14(18)16-13-8-6-5-7-12(13)10-15/h5-8H,3-4,9,11H2,1-2H3,(H,16,18). The molecule has 0 bridgehead atoms. The topological polar surface area (TPSA) is 56.1 Å². The smallest absolute Gasteiger partial charge is 0.238 e. The van der Waals surface area contributed by atoms with E-state index in [1.165, 1.54) is 0 Å². The first kappa shape index (κ1) is 14.2. The highest BCUT2D eigenvalue weighted by Gasteiger charge is 2.08. The molecule has 0 heterocycles. The molecule has 0 saturated carbocycles. The van der Waals surface area contributed by atoms with Crippen molar-refractivity contribution >= 4 is 11.6 Å². The molecule has 18 heavy (non-hydrogen) atoms. The molecule has 1 N–H and O–H groups in total. The van der Waals surface area contributed by atoms with Crippen molar-refractivity contribution in [3.05, 3.63) is 29.8 Å². The quantitative estimate of drug-likeness (QED) is 0.836. The van der Waals surface area contributed by atoms with Crippen LogP contribution in [0.15, 0.2) is 24.3 Å². The number of carbonyl (C=O) groups excluding carboxylic acids is 1. The Morgan fingerprint density at radius 3 is 2.83 bits per heavy atom. The van der Waals surface area contributed by atoms with Crippen LogP contribution in [0.1, 0.15) is 25.3 Å². The van der Waals surface area contributed by atoms with Gasteiger partial charge in [0.15, 0.2) is 0 Å². The van der Waals surface area contributed by atoms with E-state index in [0.29, 0.717) is 17.8 Å². The molecule has 0 saturated heterocycles. The molecular formula is C14H19N3O. The maximum Gasteiger partial charge on any atom is 0.238 e. The van der Waals surface area contributed by atoms with Gasteiger partial charge < -0.3 is 5.32 Å². The van der Waals surface area contributed by atoms with E-state index in [2.05, 4.69) is 18.3 Å². The van der Waals surface area contributed by atoms with Crippen molar-refractivity contribution in [2.24, 2.45) is 0 Å². The number of para-hydroxylation sites is 1. The third kappa shape index (κ3) is 4.56. The minimum absolute atomic E-state index is 0.0868. The van der Waals surface area contributed by atoms with Crippen LogP contribution in [0.3, 0.4) is 0 Å². The molecule has 1 rings (SSSR count). The second-order valence-corrected chi connectivity index (χ2v) is 4.30. The van der Waals surface area contributed by atoms with Gasteiger partial charge >= 0.3 is 0 Å². The van der Waals surface area contributed by atoms with Gasteiger partial charge in [0.25, 0.3) is 0 Å². The minimum Gasteiger partial charge on any atom is -0.324 e. The van der Waals surface area contributed by atoms with Crippen LogP contribution in [0.2, 0.25) is 0 Å². The summed E-state index contributed by atoms with van der Waals surface area (Å²) < 4.78 is 0. The van der Waals surface area contributed by atoms with Crippen LogP contribution in [0.4, 0.5) is 5.69 Å². The highest BCUT2D eigenvalue weighted by Crippen LogP contribution is 2.13. The summed E-state index contributed by atoms with van der Waals surface area (Å²) in [5.74, 6) is -0.0868. The number of rotatable bonds is 6. The van der Waals surface area contributed by atoms with E-state index in [1.54, 1.807) is 24.3 Å². The molecule has 1 aromatic carbocycles. The van der Waals surface area contributed by atoms with E-state index in [-0.39, 0.29) is 5.91 Å². The van der Waals surface area contributed by atoms with Crippen LogP contribution in [0.5, 0.6) is 0 Å². The fraction of sp³-hybridized carbons (Fsp3) is 0.429. The first-order valence-electron chi connectivity index (χ1n) is 6.15. The minimum atomic E-state index is -0.0868. The lowest BCUT2D eigenvalue weighted by Crippen LogP contribution is -2.31. The van der Waals surface area contributed by atoms with E-state index in [4.69, 9.17) is 5.26 Å². The third-order valence-corrected chi connectivity index (χ3v) is 2.63. The van der Waals surface area contributed by atoms with Crippen LogP contribution >= 0.6 is 0 Å². The van der Waals surface area contributed by atoms with Crippen molar-refractivity contribution in [2.45, 2.75) is 19.8 Å². The van der Waals surface area contributed by atoms with Gasteiger partial charge in [-0.3, -0.25) is 9.69 Å². The number of carbonyl (C=O) groups is 1. The van der Waals surface area contributed by atoms with Crippen molar-refractivity contribution in [2.75, 3.05) is 25.5 Å². The van der Waals surface area contributed by atoms with Crippen LogP contribution in [0, 0.1) is 11.3 Å². The monoisotopic (exact) mass is 245 g/mol. The van der Waals surface area contributed by atoms with Crippen LogP contribution in [-0.4, -0.2) is 30.9 Å². The first-order chi connectivity index (χ1) is 8.67. The molecule has 0 radical (unpaired) electrons. The number of amides is 1. The lowest BCUT2D eigenvalue weighted by molar-refractivity contribution is -0.117. The molecule has 0 atom stereocenters. The predicted octanol–water partition coefficient (Wildman–Crippen LogP) is 2.23. The first-order valence-corrected chi connectivity index (χ1v) is 6.15. The lowest BCUT2D eigenvalue weighted by atomic mass is 10.2. The maximum atomic E-state index is 11.8. The molecule has 0 aliphatic rings. The molecule has 0 aliphatic heterocycles. The highest BCUT2D eigenvalue weighted by atomic mass is 16.2. The van der Waals surface area contributed by atoms with Crippen molar-refractivity contribution < 1.29 is 4.79 Å². The number of likely N-dealkylation sites (N-methyl/N-ethyl adjacent to an activating group) is 1. The molecule has 4 heteroatoms. The van der Waals surface area contributed by atoms with Crippen molar-refractivity contribution in [1.82, 2.24) is 4.90 Å². The molecule has 1 amide bonds. The van der Waals surface area contributed by atoms with E-state index >= 15 is 0 Å². The SMILES string of the molecule is CCCCN(C)CC(=O)Nc1ccccc1C#N. The number of hydrogen-bond acceptors (Lipinski definition) is 3. The van der Waals surface area contributed by atoms with Gasteiger partial charge in [-0.25, -0.2) is 0 Å². The van der Waals surface area contributed by atoms with Crippen LogP contribution < -0.4 is 5.32 Å². The van der Waals surface area contributed by atoms with Crippen molar-refractivity contribution in [1.29, 1.82) is 5.26 Å². The predicted molar refractivity (Wildman–Crippen MR) is 72.2 cm³/mol. The zero-order chi connectivity index (χ0) is 13.4. The van der Waals surface area contributed by atoms with Crippen LogP contribution in [0.25, 0.3) is 0 Å². The Kier molecular flexibility index (Phi) is 5.89. The van der Waals surface area contributed by atoms with Gasteiger partial charge in [-0.05, 0) is 32.1 Å². The summed E-state index contributed by atoms with van der Waals surface area (Å²) in [5, 5.41) is 11.7. The largest absolute Gasteiger partial charge is 0.324 e. The van der Waals surface area contributed by atoms with Gasteiger partial charge in [-0.2, -0.15) is 5.26 Å². The van der Waals surface area contributed by atoms with Crippen LogP contribution in [-0.2, 0) is 4.79 Å². The Labute approximate surface area is 108 Å². The zero-order valence-corrected chi connectivity index (χ0v) is 10.9. The number of anilines is 1. The van der Waals surface area contributed by atoms with E-state index < -0.39 is 0 Å². The number of nitriles is 1. The summed E-state index contributed by atoms with van der Waals surface area (Å²) >= 11 is 0. The summed E-state index contributed by atoms with van der Waals surface area (Å²) in [5.41, 5.74) is 1.07. The zero-order valence-electron chi connectivity index (χ0n) is 10.9. The Morgan fingerprint density at radius 1 is 1.44 bits per heavy atom. The second kappa shape index (κ2) is 7.46. The normalized spacial score (nSPS) is 10.1. The van der Waals surface area contributed by atoms with Crippen molar-refractivity contribution in [3.8, 4) is 6.07 Å². The van der Waals surface area contributed by atoms with Gasteiger partial charge in [0.1, 0.15) is 6.07 Å². The average Bonchev–Trinajstić information content (AvgIpc) is 2.36. The molecule has 4 nitrogen and oxygen atoms in total. The summed E-state index contributed by atoms with van der Waals surface area (Å²) in [6.45, 7) is 3.38. The maximum absolute atomic E-state index is 11.8. The molecule has 0 aliphatic carbocycles. The van der Waals surface area contributed by atoms with Gasteiger partial charge in [0.2, 0.25) is 5.91 Å². The van der Waals surface area contributed by atoms with Gasteiger partial charge in [-0.15, -0.1) is 0 Å². The Hall–Kier alpha value is -1.86. The Balaban J connectivity index is 2.52. The van der Waals surface area contributed by atoms with Gasteiger partial charge in [0, 0.05) is 0 Å². The molecule has 0 fully saturated rings. The van der Waals surface area contributed by atoms with Crippen molar-refractivity contribution in [3.63, 3.8) is 0 Å².